The molecule has 0 saturated heterocycles. The zero-order valence-electron chi connectivity index (χ0n) is 15.2. The lowest BCUT2D eigenvalue weighted by atomic mass is 10.2. The van der Waals surface area contributed by atoms with Crippen LogP contribution in [0, 0.1) is 5.92 Å². The van der Waals surface area contributed by atoms with Gasteiger partial charge in [-0.2, -0.15) is 0 Å². The summed E-state index contributed by atoms with van der Waals surface area (Å²) in [5, 5.41) is 9.39. The Morgan fingerprint density at radius 3 is 2.63 bits per heavy atom. The van der Waals surface area contributed by atoms with Crippen LogP contribution in [0.4, 0.5) is 0 Å². The maximum Gasteiger partial charge on any atom is 0.341 e. The maximum atomic E-state index is 12.4. The van der Waals surface area contributed by atoms with E-state index in [1.54, 1.807) is 41.4 Å². The number of aromatic carboxylic acids is 1. The Morgan fingerprint density at radius 1 is 1.22 bits per heavy atom. The van der Waals surface area contributed by atoms with Crippen molar-refractivity contribution in [3.05, 3.63) is 76.7 Å². The summed E-state index contributed by atoms with van der Waals surface area (Å²) in [7, 11) is 0. The Morgan fingerprint density at radius 2 is 1.96 bits per heavy atom. The fourth-order valence-electron chi connectivity index (χ4n) is 2.76. The van der Waals surface area contributed by atoms with Crippen molar-refractivity contribution < 1.29 is 14.6 Å². The highest BCUT2D eigenvalue weighted by Crippen LogP contribution is 2.18. The van der Waals surface area contributed by atoms with E-state index in [0.717, 1.165) is 12.2 Å². The van der Waals surface area contributed by atoms with Gasteiger partial charge in [0, 0.05) is 18.9 Å². The van der Waals surface area contributed by atoms with E-state index in [9.17, 15) is 14.7 Å². The molecule has 2 aromatic heterocycles. The molecular weight excluding hydrogens is 346 g/mol. The summed E-state index contributed by atoms with van der Waals surface area (Å²) in [6.45, 7) is 5.39. The van der Waals surface area contributed by atoms with Gasteiger partial charge in [0.15, 0.2) is 5.75 Å². The highest BCUT2D eigenvalue weighted by atomic mass is 16.5. The molecule has 1 N–H and O–H groups in total. The van der Waals surface area contributed by atoms with Gasteiger partial charge in [0.05, 0.1) is 24.8 Å². The summed E-state index contributed by atoms with van der Waals surface area (Å²) in [5.74, 6) is -0.411. The van der Waals surface area contributed by atoms with Crippen LogP contribution in [0.2, 0.25) is 0 Å². The molecule has 7 nitrogen and oxygen atoms in total. The van der Waals surface area contributed by atoms with Crippen LogP contribution < -0.4 is 10.2 Å². The standard InChI is InChI=1S/C20H21N3O4/c1-14(2)9-23-13-21-8-15(23)10-22-11-17(20(25)26)19(24)18(12-22)27-16-6-4-3-5-7-16/h3-8,11-14H,9-10H2,1-2H3,(H,25,26). The molecule has 27 heavy (non-hydrogen) atoms. The van der Waals surface area contributed by atoms with Crippen molar-refractivity contribution in [1.82, 2.24) is 14.1 Å². The Labute approximate surface area is 156 Å². The molecule has 1 aromatic carbocycles. The second kappa shape index (κ2) is 7.90. The van der Waals surface area contributed by atoms with Gasteiger partial charge in [-0.1, -0.05) is 32.0 Å². The number of rotatable bonds is 7. The van der Waals surface area contributed by atoms with Gasteiger partial charge in [0.2, 0.25) is 5.43 Å². The van der Waals surface area contributed by atoms with Gasteiger partial charge in [-0.3, -0.25) is 4.79 Å². The van der Waals surface area contributed by atoms with Crippen molar-refractivity contribution in [3.63, 3.8) is 0 Å². The number of carboxylic acid groups (broad SMARTS) is 1. The number of ether oxygens (including phenoxy) is 1. The topological polar surface area (TPSA) is 86.4 Å². The van der Waals surface area contributed by atoms with Crippen molar-refractivity contribution in [1.29, 1.82) is 0 Å². The lowest BCUT2D eigenvalue weighted by Gasteiger charge is -2.14. The molecule has 3 aromatic rings. The number of carboxylic acids is 1. The van der Waals surface area contributed by atoms with Gasteiger partial charge in [-0.25, -0.2) is 9.78 Å². The molecule has 140 valence electrons. The van der Waals surface area contributed by atoms with E-state index in [0.29, 0.717) is 18.2 Å². The third kappa shape index (κ3) is 4.44. The zero-order chi connectivity index (χ0) is 19.4. The van der Waals surface area contributed by atoms with E-state index < -0.39 is 11.4 Å². The summed E-state index contributed by atoms with van der Waals surface area (Å²) in [4.78, 5) is 28.1. The van der Waals surface area contributed by atoms with Crippen LogP contribution >= 0.6 is 0 Å². The Hall–Kier alpha value is -3.35. The van der Waals surface area contributed by atoms with Gasteiger partial charge in [0.1, 0.15) is 11.3 Å². The number of nitrogens with zero attached hydrogens (tertiary/aromatic N) is 3. The van der Waals surface area contributed by atoms with Crippen LogP contribution in [-0.2, 0) is 13.1 Å². The molecule has 0 unspecified atom stereocenters. The molecule has 3 rings (SSSR count). The lowest BCUT2D eigenvalue weighted by molar-refractivity contribution is 0.0694. The van der Waals surface area contributed by atoms with Gasteiger partial charge < -0.3 is 19.0 Å². The van der Waals surface area contributed by atoms with Crippen LogP contribution in [0.1, 0.15) is 29.9 Å². The fourth-order valence-corrected chi connectivity index (χ4v) is 2.76. The first-order valence-electron chi connectivity index (χ1n) is 8.63. The van der Waals surface area contributed by atoms with Crippen LogP contribution in [0.25, 0.3) is 0 Å². The fraction of sp³-hybridized carbons (Fsp3) is 0.250. The van der Waals surface area contributed by atoms with E-state index >= 15 is 0 Å². The third-order valence-corrected chi connectivity index (χ3v) is 3.95. The van der Waals surface area contributed by atoms with Crippen molar-refractivity contribution in [2.45, 2.75) is 26.9 Å². The minimum absolute atomic E-state index is 0.0315. The number of hydrogen-bond donors (Lipinski definition) is 1. The molecule has 0 radical (unpaired) electrons. The Bertz CT molecular complexity index is 990. The molecule has 0 amide bonds. The molecule has 0 aliphatic rings. The van der Waals surface area contributed by atoms with Crippen LogP contribution in [-0.4, -0.2) is 25.2 Å². The summed E-state index contributed by atoms with van der Waals surface area (Å²) < 4.78 is 9.29. The molecule has 0 spiro atoms. The highest BCUT2D eigenvalue weighted by molar-refractivity contribution is 5.87. The van der Waals surface area contributed by atoms with Crippen molar-refractivity contribution >= 4 is 5.97 Å². The van der Waals surface area contributed by atoms with E-state index in [-0.39, 0.29) is 11.3 Å². The van der Waals surface area contributed by atoms with Crippen LogP contribution in [0.5, 0.6) is 11.5 Å². The Kier molecular flexibility index (Phi) is 5.40. The summed E-state index contributed by atoms with van der Waals surface area (Å²) in [6, 6.07) is 8.79. The number of aromatic nitrogens is 3. The smallest absolute Gasteiger partial charge is 0.341 e. The number of hydrogen-bond acceptors (Lipinski definition) is 4. The second-order valence-electron chi connectivity index (χ2n) is 6.69. The molecule has 2 heterocycles. The number of imidazole rings is 1. The van der Waals surface area contributed by atoms with E-state index in [1.807, 2.05) is 10.6 Å². The van der Waals surface area contributed by atoms with Gasteiger partial charge in [-0.05, 0) is 18.1 Å². The molecule has 0 saturated carbocycles. The molecule has 0 aliphatic carbocycles. The van der Waals surface area contributed by atoms with Gasteiger partial charge in [-0.15, -0.1) is 0 Å². The average molecular weight is 367 g/mol. The average Bonchev–Trinajstić information content (AvgIpc) is 3.04. The van der Waals surface area contributed by atoms with Crippen molar-refractivity contribution in [3.8, 4) is 11.5 Å². The van der Waals surface area contributed by atoms with Gasteiger partial charge in [0.25, 0.3) is 0 Å². The first kappa shape index (κ1) is 18.4. The first-order chi connectivity index (χ1) is 12.9. The second-order valence-corrected chi connectivity index (χ2v) is 6.69. The molecule has 0 atom stereocenters. The first-order valence-corrected chi connectivity index (χ1v) is 8.63. The monoisotopic (exact) mass is 367 g/mol. The number of benzene rings is 1. The molecular formula is C20H21N3O4. The van der Waals surface area contributed by atoms with Crippen LogP contribution in [0.3, 0.4) is 0 Å². The minimum atomic E-state index is -1.29. The quantitative estimate of drug-likeness (QED) is 0.693. The van der Waals surface area contributed by atoms with E-state index in [2.05, 4.69) is 18.8 Å². The highest BCUT2D eigenvalue weighted by Gasteiger charge is 2.16. The Balaban J connectivity index is 1.97. The van der Waals surface area contributed by atoms with Crippen molar-refractivity contribution in [2.75, 3.05) is 0 Å². The number of pyridine rings is 1. The van der Waals surface area contributed by atoms with Crippen molar-refractivity contribution in [2.24, 2.45) is 5.92 Å². The third-order valence-electron chi connectivity index (χ3n) is 3.95. The molecule has 0 fully saturated rings. The number of carbonyl (C=O) groups is 1. The summed E-state index contributed by atoms with van der Waals surface area (Å²) in [5.41, 5.74) is -0.0778. The SMILES string of the molecule is CC(C)Cn1cncc1Cn1cc(Oc2ccccc2)c(=O)c(C(=O)O)c1. The summed E-state index contributed by atoms with van der Waals surface area (Å²) in [6.07, 6.45) is 6.33. The number of para-hydroxylation sites is 1. The molecule has 0 bridgehead atoms. The van der Waals surface area contributed by atoms with Gasteiger partial charge >= 0.3 is 5.97 Å². The molecule has 7 heteroatoms. The normalized spacial score (nSPS) is 10.9. The predicted molar refractivity (Wildman–Crippen MR) is 100 cm³/mol. The van der Waals surface area contributed by atoms with E-state index in [1.165, 1.54) is 12.4 Å². The lowest BCUT2D eigenvalue weighted by Crippen LogP contribution is -2.20. The summed E-state index contributed by atoms with van der Waals surface area (Å²) >= 11 is 0. The maximum absolute atomic E-state index is 12.4. The zero-order valence-corrected chi connectivity index (χ0v) is 15.2. The minimum Gasteiger partial charge on any atom is -0.477 e. The molecule has 0 aliphatic heterocycles. The largest absolute Gasteiger partial charge is 0.477 e. The van der Waals surface area contributed by atoms with Crippen LogP contribution in [0.15, 0.2) is 60.0 Å². The predicted octanol–water partition coefficient (Wildman–Crippen LogP) is 3.24. The van der Waals surface area contributed by atoms with E-state index in [4.69, 9.17) is 4.74 Å².